The molecule has 0 saturated carbocycles. The molecule has 0 radical (unpaired) electrons. The molecule has 2 aliphatic rings. The standard InChI is InChI=1S/C23H34N6O7S/c1-22(2,3)35-19(31)25-18(26-20(32)36-23(4,5)6)24-9-12-11-37-16-13-10-28(21(33)29(13)34)15(14(12)16)17(30)27(7)8/h11,13,15,34H,9-10H2,1-8H3,(H2,24,25,26,31,32). The molecule has 2 atom stereocenters. The van der Waals surface area contributed by atoms with E-state index in [2.05, 4.69) is 15.6 Å². The van der Waals surface area contributed by atoms with Crippen LogP contribution in [-0.2, 0) is 20.8 Å². The zero-order valence-corrected chi connectivity index (χ0v) is 23.1. The van der Waals surface area contributed by atoms with E-state index in [1.54, 1.807) is 61.0 Å². The lowest BCUT2D eigenvalue weighted by molar-refractivity contribution is -0.133. The molecule has 0 aliphatic carbocycles. The van der Waals surface area contributed by atoms with Crippen LogP contribution in [0.5, 0.6) is 0 Å². The smallest absolute Gasteiger partial charge is 0.414 e. The number of nitrogens with zero attached hydrogens (tertiary/aromatic N) is 4. The Morgan fingerprint density at radius 1 is 1.11 bits per heavy atom. The Labute approximate surface area is 219 Å². The fourth-order valence-corrected chi connectivity index (χ4v) is 5.03. The number of hydrogen-bond donors (Lipinski definition) is 3. The summed E-state index contributed by atoms with van der Waals surface area (Å²) in [5.74, 6) is -0.538. The van der Waals surface area contributed by atoms with Crippen molar-refractivity contribution in [2.45, 2.75) is 71.4 Å². The molecule has 5 amide bonds. The van der Waals surface area contributed by atoms with Gasteiger partial charge in [0.15, 0.2) is 0 Å². The van der Waals surface area contributed by atoms with Crippen LogP contribution in [0.15, 0.2) is 10.4 Å². The molecule has 1 saturated heterocycles. The second kappa shape index (κ2) is 10.2. The molecule has 2 aliphatic heterocycles. The van der Waals surface area contributed by atoms with E-state index in [1.165, 1.54) is 21.1 Å². The number of carbonyl (C=O) groups is 4. The monoisotopic (exact) mass is 538 g/mol. The number of fused-ring (bicyclic) bond motifs is 4. The van der Waals surface area contributed by atoms with E-state index in [0.29, 0.717) is 21.1 Å². The number of amides is 5. The van der Waals surface area contributed by atoms with E-state index >= 15 is 0 Å². The summed E-state index contributed by atoms with van der Waals surface area (Å²) in [7, 11) is 3.17. The number of thiophene rings is 1. The van der Waals surface area contributed by atoms with Gasteiger partial charge in [-0.3, -0.25) is 20.6 Å². The SMILES string of the molecule is CN(C)C(=O)C1c2c(CN=C(NC(=O)OC(C)(C)C)NC(=O)OC(C)(C)C)csc2C2CN1C(=O)N2O. The summed E-state index contributed by atoms with van der Waals surface area (Å²) in [4.78, 5) is 58.2. The fourth-order valence-electron chi connectivity index (χ4n) is 3.86. The molecule has 2 bridgehead atoms. The van der Waals surface area contributed by atoms with Crippen molar-refractivity contribution in [1.29, 1.82) is 0 Å². The number of nitrogens with one attached hydrogen (secondary N) is 2. The molecule has 14 heteroatoms. The quantitative estimate of drug-likeness (QED) is 0.304. The fraction of sp³-hybridized carbons (Fsp3) is 0.609. The molecule has 3 N–H and O–H groups in total. The Morgan fingerprint density at radius 3 is 2.14 bits per heavy atom. The van der Waals surface area contributed by atoms with Crippen molar-refractivity contribution in [3.63, 3.8) is 0 Å². The van der Waals surface area contributed by atoms with Crippen LogP contribution in [-0.4, -0.2) is 82.0 Å². The van der Waals surface area contributed by atoms with Gasteiger partial charge in [-0.05, 0) is 52.5 Å². The van der Waals surface area contributed by atoms with Gasteiger partial charge in [0.2, 0.25) is 11.9 Å². The van der Waals surface area contributed by atoms with Crippen molar-refractivity contribution in [3.05, 3.63) is 21.4 Å². The highest BCUT2D eigenvalue weighted by atomic mass is 32.1. The number of urea groups is 1. The molecule has 0 spiro atoms. The second-order valence-electron chi connectivity index (χ2n) is 10.9. The maximum absolute atomic E-state index is 13.1. The summed E-state index contributed by atoms with van der Waals surface area (Å²) in [6.45, 7) is 10.3. The number of alkyl carbamates (subject to hydrolysis) is 2. The van der Waals surface area contributed by atoms with Crippen LogP contribution in [0, 0.1) is 0 Å². The third-order valence-electron chi connectivity index (χ3n) is 5.25. The van der Waals surface area contributed by atoms with E-state index in [-0.39, 0.29) is 25.0 Å². The van der Waals surface area contributed by atoms with Crippen LogP contribution in [0.1, 0.15) is 69.6 Å². The maximum atomic E-state index is 13.1. The van der Waals surface area contributed by atoms with Crippen LogP contribution >= 0.6 is 11.3 Å². The summed E-state index contributed by atoms with van der Waals surface area (Å²) in [6.07, 6.45) is -1.66. The Morgan fingerprint density at radius 2 is 1.65 bits per heavy atom. The van der Waals surface area contributed by atoms with Gasteiger partial charge in [0, 0.05) is 24.5 Å². The van der Waals surface area contributed by atoms with Crippen molar-refractivity contribution < 1.29 is 33.9 Å². The minimum atomic E-state index is -0.941. The van der Waals surface area contributed by atoms with Gasteiger partial charge in [-0.2, -0.15) is 5.06 Å². The van der Waals surface area contributed by atoms with Crippen molar-refractivity contribution >= 4 is 41.4 Å². The van der Waals surface area contributed by atoms with Gasteiger partial charge in [-0.25, -0.2) is 19.4 Å². The van der Waals surface area contributed by atoms with Crippen molar-refractivity contribution in [2.24, 2.45) is 4.99 Å². The number of carbonyl (C=O) groups excluding carboxylic acids is 4. The first-order valence-electron chi connectivity index (χ1n) is 11.6. The van der Waals surface area contributed by atoms with E-state index in [9.17, 15) is 24.4 Å². The molecular formula is C23H34N6O7S. The van der Waals surface area contributed by atoms with Gasteiger partial charge in [-0.15, -0.1) is 11.3 Å². The maximum Gasteiger partial charge on any atom is 0.414 e. The molecule has 204 valence electrons. The van der Waals surface area contributed by atoms with Gasteiger partial charge in [-0.1, -0.05) is 0 Å². The molecule has 3 heterocycles. The lowest BCUT2D eigenvalue weighted by Gasteiger charge is -2.32. The number of hydroxylamine groups is 2. The van der Waals surface area contributed by atoms with E-state index in [1.807, 2.05) is 0 Å². The van der Waals surface area contributed by atoms with E-state index < -0.39 is 41.5 Å². The number of ether oxygens (including phenoxy) is 2. The van der Waals surface area contributed by atoms with Gasteiger partial charge in [0.05, 0.1) is 13.1 Å². The van der Waals surface area contributed by atoms with E-state index in [4.69, 9.17) is 9.47 Å². The van der Waals surface area contributed by atoms with Crippen molar-refractivity contribution in [1.82, 2.24) is 25.5 Å². The second-order valence-corrected chi connectivity index (χ2v) is 11.8. The van der Waals surface area contributed by atoms with Crippen molar-refractivity contribution in [2.75, 3.05) is 20.6 Å². The molecule has 37 heavy (non-hydrogen) atoms. The highest BCUT2D eigenvalue weighted by molar-refractivity contribution is 7.10. The minimum absolute atomic E-state index is 0.0514. The topological polar surface area (TPSA) is 153 Å². The van der Waals surface area contributed by atoms with Crippen LogP contribution in [0.4, 0.5) is 14.4 Å². The average molecular weight is 539 g/mol. The molecule has 1 fully saturated rings. The first kappa shape index (κ1) is 28.2. The van der Waals surface area contributed by atoms with Crippen molar-refractivity contribution in [3.8, 4) is 0 Å². The Bertz CT molecular complexity index is 1090. The summed E-state index contributed by atoms with van der Waals surface area (Å²) in [6, 6.07) is -2.19. The summed E-state index contributed by atoms with van der Waals surface area (Å²) < 4.78 is 10.5. The highest BCUT2D eigenvalue weighted by Gasteiger charge is 2.52. The number of likely N-dealkylation sites (N-methyl/N-ethyl adjacent to an activating group) is 1. The zero-order valence-electron chi connectivity index (χ0n) is 22.2. The van der Waals surface area contributed by atoms with Crippen LogP contribution < -0.4 is 10.6 Å². The molecule has 1 aromatic heterocycles. The molecular weight excluding hydrogens is 504 g/mol. The normalized spacial score (nSPS) is 18.7. The molecule has 1 aromatic rings. The lowest BCUT2D eigenvalue weighted by atomic mass is 9.94. The van der Waals surface area contributed by atoms with E-state index in [0.717, 1.165) is 0 Å². The van der Waals surface area contributed by atoms with Crippen LogP contribution in [0.25, 0.3) is 0 Å². The predicted octanol–water partition coefficient (Wildman–Crippen LogP) is 2.96. The van der Waals surface area contributed by atoms with Gasteiger partial charge in [0.1, 0.15) is 23.3 Å². The first-order valence-corrected chi connectivity index (χ1v) is 12.5. The number of aliphatic imine (C=N–C) groups is 1. The Hall–Kier alpha value is -3.39. The zero-order chi connectivity index (χ0) is 27.9. The van der Waals surface area contributed by atoms with Gasteiger partial charge >= 0.3 is 18.2 Å². The summed E-state index contributed by atoms with van der Waals surface area (Å²) >= 11 is 1.30. The Balaban J connectivity index is 1.94. The largest absolute Gasteiger partial charge is 0.444 e. The first-order chi connectivity index (χ1) is 17.0. The third-order valence-corrected chi connectivity index (χ3v) is 6.40. The molecule has 3 rings (SSSR count). The predicted molar refractivity (Wildman–Crippen MR) is 134 cm³/mol. The number of guanidine groups is 1. The average Bonchev–Trinajstić information content (AvgIpc) is 3.25. The van der Waals surface area contributed by atoms with Gasteiger partial charge < -0.3 is 19.3 Å². The summed E-state index contributed by atoms with van der Waals surface area (Å²) in [5.41, 5.74) is -0.400. The molecule has 2 unspecified atom stereocenters. The van der Waals surface area contributed by atoms with Gasteiger partial charge in [0.25, 0.3) is 0 Å². The highest BCUT2D eigenvalue weighted by Crippen LogP contribution is 2.47. The Kier molecular flexibility index (Phi) is 7.75. The lowest BCUT2D eigenvalue weighted by Crippen LogP contribution is -2.47. The number of rotatable bonds is 3. The minimum Gasteiger partial charge on any atom is -0.444 e. The molecule has 0 aromatic carbocycles. The number of hydrogen-bond acceptors (Lipinski definition) is 9. The third kappa shape index (κ3) is 6.49. The van der Waals surface area contributed by atoms with Crippen LogP contribution in [0.2, 0.25) is 0 Å². The molecule has 13 nitrogen and oxygen atoms in total. The summed E-state index contributed by atoms with van der Waals surface area (Å²) in [5, 5.41) is 17.6. The van der Waals surface area contributed by atoms with Crippen LogP contribution in [0.3, 0.4) is 0 Å².